The number of aryl methyl sites for hydroxylation is 3. The number of nitrogens with zero attached hydrogens (tertiary/aromatic N) is 2. The number of rotatable bonds is 3. The second-order valence-corrected chi connectivity index (χ2v) is 9.24. The van der Waals surface area contributed by atoms with Gasteiger partial charge in [-0.05, 0) is 93.0 Å². The first-order valence-corrected chi connectivity index (χ1v) is 11.4. The molecule has 0 atom stereocenters. The van der Waals surface area contributed by atoms with Crippen LogP contribution in [0.3, 0.4) is 0 Å². The Balaban J connectivity index is 1.81. The van der Waals surface area contributed by atoms with Gasteiger partial charge in [-0.3, -0.25) is 19.8 Å². The fourth-order valence-corrected chi connectivity index (χ4v) is 4.60. The maximum absolute atomic E-state index is 13.5. The Bertz CT molecular complexity index is 1370. The van der Waals surface area contributed by atoms with Crippen LogP contribution < -0.4 is 10.2 Å². The molecule has 2 heterocycles. The lowest BCUT2D eigenvalue weighted by Crippen LogP contribution is -2.54. The van der Waals surface area contributed by atoms with Crippen molar-refractivity contribution < 1.29 is 9.59 Å². The van der Waals surface area contributed by atoms with E-state index in [2.05, 4.69) is 5.32 Å². The van der Waals surface area contributed by atoms with Gasteiger partial charge in [0.05, 0.1) is 16.4 Å². The number of halogens is 2. The number of nitrogens with one attached hydrogen (secondary N) is 1. The number of hydrogen-bond acceptors (Lipinski definition) is 3. The Kier molecular flexibility index (Phi) is 6.18. The summed E-state index contributed by atoms with van der Waals surface area (Å²) in [7, 11) is 0. The van der Waals surface area contributed by atoms with Gasteiger partial charge in [0.25, 0.3) is 11.8 Å². The zero-order valence-electron chi connectivity index (χ0n) is 18.5. The molecule has 5 nitrogen and oxygen atoms in total. The third kappa shape index (κ3) is 4.22. The van der Waals surface area contributed by atoms with E-state index in [1.54, 1.807) is 24.3 Å². The Morgan fingerprint density at radius 2 is 1.67 bits per heavy atom. The molecule has 4 rings (SSSR count). The maximum atomic E-state index is 13.5. The van der Waals surface area contributed by atoms with Gasteiger partial charge >= 0.3 is 0 Å². The average Bonchev–Trinajstić information content (AvgIpc) is 3.02. The van der Waals surface area contributed by atoms with Gasteiger partial charge in [0.2, 0.25) is 0 Å². The molecule has 2 amide bonds. The largest absolute Gasteiger partial charge is 0.316 e. The first-order valence-electron chi connectivity index (χ1n) is 10.2. The lowest BCUT2D eigenvalue weighted by molar-refractivity contribution is -0.122. The smallest absolute Gasteiger partial charge is 0.270 e. The van der Waals surface area contributed by atoms with Crippen molar-refractivity contribution in [3.05, 3.63) is 86.2 Å². The van der Waals surface area contributed by atoms with Crippen molar-refractivity contribution >= 4 is 64.1 Å². The van der Waals surface area contributed by atoms with Crippen LogP contribution in [0.25, 0.3) is 11.8 Å². The molecular formula is C25H21Cl2N3O2S. The quantitative estimate of drug-likeness (QED) is 0.280. The third-order valence-corrected chi connectivity index (χ3v) is 6.47. The second kappa shape index (κ2) is 8.78. The molecule has 33 heavy (non-hydrogen) atoms. The number of carbonyl (C=O) groups is 2. The summed E-state index contributed by atoms with van der Waals surface area (Å²) in [6.07, 6.45) is 1.59. The zero-order chi connectivity index (χ0) is 24.0. The maximum Gasteiger partial charge on any atom is 0.270 e. The van der Waals surface area contributed by atoms with Crippen LogP contribution in [0.15, 0.2) is 48.0 Å². The van der Waals surface area contributed by atoms with E-state index in [0.29, 0.717) is 15.7 Å². The van der Waals surface area contributed by atoms with Gasteiger partial charge < -0.3 is 4.57 Å². The van der Waals surface area contributed by atoms with E-state index in [1.807, 2.05) is 56.5 Å². The average molecular weight is 498 g/mol. The van der Waals surface area contributed by atoms with E-state index in [9.17, 15) is 9.59 Å². The molecule has 1 saturated heterocycles. The fraction of sp³-hybridized carbons (Fsp3) is 0.160. The molecule has 168 valence electrons. The molecule has 2 aromatic carbocycles. The minimum atomic E-state index is -0.530. The van der Waals surface area contributed by atoms with Crippen LogP contribution in [0.4, 0.5) is 5.69 Å². The van der Waals surface area contributed by atoms with Crippen LogP contribution in [0.5, 0.6) is 0 Å². The van der Waals surface area contributed by atoms with Crippen LogP contribution >= 0.6 is 35.4 Å². The van der Waals surface area contributed by atoms with Crippen LogP contribution in [0, 0.1) is 27.7 Å². The summed E-state index contributed by atoms with van der Waals surface area (Å²) in [5.41, 5.74) is 5.65. The van der Waals surface area contributed by atoms with Gasteiger partial charge in [-0.15, -0.1) is 0 Å². The minimum Gasteiger partial charge on any atom is -0.316 e. The van der Waals surface area contributed by atoms with Crippen molar-refractivity contribution in [3.8, 4) is 5.69 Å². The van der Waals surface area contributed by atoms with Crippen molar-refractivity contribution in [1.82, 2.24) is 9.88 Å². The van der Waals surface area contributed by atoms with Crippen LogP contribution in [-0.2, 0) is 9.59 Å². The first kappa shape index (κ1) is 23.2. The molecule has 0 radical (unpaired) electrons. The number of hydrogen-bond donors (Lipinski definition) is 1. The summed E-state index contributed by atoms with van der Waals surface area (Å²) < 4.78 is 1.94. The van der Waals surface area contributed by atoms with E-state index < -0.39 is 11.8 Å². The number of benzene rings is 2. The summed E-state index contributed by atoms with van der Waals surface area (Å²) in [6.45, 7) is 7.65. The van der Waals surface area contributed by atoms with Crippen LogP contribution in [-0.4, -0.2) is 21.5 Å². The lowest BCUT2D eigenvalue weighted by atomic mass is 10.0. The molecule has 1 fully saturated rings. The van der Waals surface area contributed by atoms with Gasteiger partial charge in [-0.2, -0.15) is 0 Å². The molecule has 1 aliphatic rings. The summed E-state index contributed by atoms with van der Waals surface area (Å²) in [5.74, 6) is -1.000. The van der Waals surface area contributed by atoms with Gasteiger partial charge in [0.1, 0.15) is 5.57 Å². The van der Waals surface area contributed by atoms with Crippen molar-refractivity contribution in [3.63, 3.8) is 0 Å². The second-order valence-electron chi connectivity index (χ2n) is 8.01. The Labute approximate surface area is 207 Å². The van der Waals surface area contributed by atoms with Crippen molar-refractivity contribution in [1.29, 1.82) is 0 Å². The van der Waals surface area contributed by atoms with Crippen molar-refractivity contribution in [2.45, 2.75) is 27.7 Å². The molecule has 0 bridgehead atoms. The van der Waals surface area contributed by atoms with Crippen molar-refractivity contribution in [2.24, 2.45) is 0 Å². The molecule has 8 heteroatoms. The molecular weight excluding hydrogens is 477 g/mol. The van der Waals surface area contributed by atoms with E-state index in [1.165, 1.54) is 4.90 Å². The van der Waals surface area contributed by atoms with Gasteiger partial charge in [0, 0.05) is 16.4 Å². The summed E-state index contributed by atoms with van der Waals surface area (Å²) in [6, 6.07) is 12.9. The van der Waals surface area contributed by atoms with E-state index in [-0.39, 0.29) is 10.7 Å². The highest BCUT2D eigenvalue weighted by Gasteiger charge is 2.35. The van der Waals surface area contributed by atoms with E-state index in [0.717, 1.165) is 33.8 Å². The predicted molar refractivity (Wildman–Crippen MR) is 137 cm³/mol. The topological polar surface area (TPSA) is 54.3 Å². The minimum absolute atomic E-state index is 0.00180. The first-order chi connectivity index (χ1) is 15.6. The highest BCUT2D eigenvalue weighted by Crippen LogP contribution is 2.31. The fourth-order valence-electron chi connectivity index (χ4n) is 3.95. The highest BCUT2D eigenvalue weighted by atomic mass is 35.5. The zero-order valence-corrected chi connectivity index (χ0v) is 20.8. The molecule has 0 saturated carbocycles. The number of thiocarbonyl (C=S) groups is 1. The normalized spacial score (nSPS) is 15.4. The van der Waals surface area contributed by atoms with Gasteiger partial charge in [-0.25, -0.2) is 0 Å². The third-order valence-electron chi connectivity index (χ3n) is 5.63. The number of amides is 2. The molecule has 0 unspecified atom stereocenters. The van der Waals surface area contributed by atoms with Gasteiger partial charge in [0.15, 0.2) is 5.11 Å². The molecule has 1 aromatic heterocycles. The van der Waals surface area contributed by atoms with E-state index in [4.69, 9.17) is 35.4 Å². The molecule has 3 aromatic rings. The Morgan fingerprint density at radius 3 is 2.39 bits per heavy atom. The summed E-state index contributed by atoms with van der Waals surface area (Å²) >= 11 is 17.9. The lowest BCUT2D eigenvalue weighted by Gasteiger charge is -2.30. The predicted octanol–water partition coefficient (Wildman–Crippen LogP) is 5.85. The SMILES string of the molecule is Cc1ccc(C)c(N2C(=O)/C(=C/c3cc(C)n(-c4cc(Cl)ccc4Cl)c3C)C(=O)NC2=S)c1. The molecule has 0 spiro atoms. The number of aromatic nitrogens is 1. The molecule has 1 N–H and O–H groups in total. The Morgan fingerprint density at radius 1 is 0.939 bits per heavy atom. The molecule has 1 aliphatic heterocycles. The van der Waals surface area contributed by atoms with Crippen LogP contribution in [0.2, 0.25) is 10.0 Å². The summed E-state index contributed by atoms with van der Waals surface area (Å²) in [4.78, 5) is 27.6. The standard InChI is InChI=1S/C25H21Cl2N3O2S/c1-13-5-6-14(2)21(9-13)30-24(32)19(23(31)28-25(30)33)11-17-10-15(3)29(16(17)4)22-12-18(26)7-8-20(22)27/h5-12H,1-4H3,(H,28,31,33)/b19-11+. The number of anilines is 1. The number of carbonyl (C=O) groups excluding carboxylic acids is 2. The monoisotopic (exact) mass is 497 g/mol. The van der Waals surface area contributed by atoms with Crippen LogP contribution in [0.1, 0.15) is 28.1 Å². The molecule has 0 aliphatic carbocycles. The summed E-state index contributed by atoms with van der Waals surface area (Å²) in [5, 5.41) is 3.81. The van der Waals surface area contributed by atoms with Crippen molar-refractivity contribution in [2.75, 3.05) is 4.90 Å². The van der Waals surface area contributed by atoms with Gasteiger partial charge in [-0.1, -0.05) is 35.3 Å². The highest BCUT2D eigenvalue weighted by molar-refractivity contribution is 7.80. The Hall–Kier alpha value is -2.93. The van der Waals surface area contributed by atoms with E-state index >= 15 is 0 Å².